The molecule has 0 aliphatic heterocycles. The molecular weight excluding hydrogens is 224 g/mol. The highest BCUT2D eigenvalue weighted by molar-refractivity contribution is 5.34. The maximum absolute atomic E-state index is 5.76. The number of hydrogen-bond donors (Lipinski definition) is 1. The van der Waals surface area contributed by atoms with Gasteiger partial charge in [-0.1, -0.05) is 26.0 Å². The first-order valence-electron chi connectivity index (χ1n) is 6.12. The van der Waals surface area contributed by atoms with Crippen molar-refractivity contribution in [1.29, 1.82) is 0 Å². The van der Waals surface area contributed by atoms with Gasteiger partial charge in [-0.25, -0.2) is 0 Å². The molecule has 2 rings (SSSR count). The van der Waals surface area contributed by atoms with E-state index in [2.05, 4.69) is 31.0 Å². The van der Waals surface area contributed by atoms with E-state index in [9.17, 15) is 0 Å². The maximum atomic E-state index is 5.76. The molecule has 94 valence electrons. The molecule has 18 heavy (non-hydrogen) atoms. The number of benzene rings is 1. The van der Waals surface area contributed by atoms with Crippen LogP contribution in [0.1, 0.15) is 31.0 Å². The summed E-state index contributed by atoms with van der Waals surface area (Å²) in [6, 6.07) is 11.8. The summed E-state index contributed by atoms with van der Waals surface area (Å²) in [6.07, 6.45) is 1.71. The van der Waals surface area contributed by atoms with Gasteiger partial charge in [0.1, 0.15) is 11.5 Å². The zero-order chi connectivity index (χ0) is 13.0. The third-order valence-electron chi connectivity index (χ3n) is 2.78. The molecule has 2 aromatic rings. The van der Waals surface area contributed by atoms with Crippen LogP contribution in [0, 0.1) is 0 Å². The number of nitrogens with two attached hydrogens (primary N) is 1. The van der Waals surface area contributed by atoms with Crippen LogP contribution in [0.25, 0.3) is 0 Å². The monoisotopic (exact) mass is 242 g/mol. The van der Waals surface area contributed by atoms with E-state index in [0.717, 1.165) is 17.2 Å². The molecular formula is C15H18N2O. The van der Waals surface area contributed by atoms with Crippen molar-refractivity contribution in [3.63, 3.8) is 0 Å². The van der Waals surface area contributed by atoms with E-state index in [1.54, 1.807) is 6.20 Å². The number of rotatable bonds is 4. The Hall–Kier alpha value is -1.87. The molecule has 0 amide bonds. The van der Waals surface area contributed by atoms with Crippen LogP contribution >= 0.6 is 0 Å². The van der Waals surface area contributed by atoms with Gasteiger partial charge in [0.05, 0.1) is 5.69 Å². The second-order valence-electron chi connectivity index (χ2n) is 4.51. The normalized spacial score (nSPS) is 10.7. The van der Waals surface area contributed by atoms with Crippen molar-refractivity contribution in [1.82, 2.24) is 4.98 Å². The lowest BCUT2D eigenvalue weighted by atomic mass is 10.0. The average molecular weight is 242 g/mol. The summed E-state index contributed by atoms with van der Waals surface area (Å²) in [5.74, 6) is 2.13. The fourth-order valence-electron chi connectivity index (χ4n) is 1.69. The van der Waals surface area contributed by atoms with Crippen molar-refractivity contribution in [2.75, 3.05) is 0 Å². The Labute approximate surface area is 108 Å². The molecule has 3 nitrogen and oxygen atoms in total. The molecule has 0 saturated carbocycles. The lowest BCUT2D eigenvalue weighted by molar-refractivity contribution is 0.480. The minimum absolute atomic E-state index is 0.420. The number of nitrogens with zero attached hydrogens (tertiary/aromatic N) is 1. The van der Waals surface area contributed by atoms with E-state index in [-0.39, 0.29) is 0 Å². The van der Waals surface area contributed by atoms with Gasteiger partial charge in [-0.2, -0.15) is 0 Å². The molecule has 0 spiro atoms. The molecule has 2 N–H and O–H groups in total. The van der Waals surface area contributed by atoms with Gasteiger partial charge in [0.25, 0.3) is 0 Å². The van der Waals surface area contributed by atoms with Crippen molar-refractivity contribution in [3.8, 4) is 11.5 Å². The number of ether oxygens (including phenoxy) is 1. The molecule has 0 fully saturated rings. The van der Waals surface area contributed by atoms with E-state index in [4.69, 9.17) is 10.5 Å². The fraction of sp³-hybridized carbons (Fsp3) is 0.267. The predicted octanol–water partition coefficient (Wildman–Crippen LogP) is 3.46. The molecule has 0 unspecified atom stereocenters. The first-order chi connectivity index (χ1) is 8.69. The van der Waals surface area contributed by atoms with Gasteiger partial charge in [-0.3, -0.25) is 4.98 Å². The molecule has 0 atom stereocenters. The standard InChI is InChI=1S/C15H18N2O/c1-11(2)12-3-5-14(6-4-12)18-15-7-8-17-13(9-15)10-16/h3-9,11H,10,16H2,1-2H3. The topological polar surface area (TPSA) is 48.1 Å². The summed E-state index contributed by atoms with van der Waals surface area (Å²) in [7, 11) is 0. The van der Waals surface area contributed by atoms with Crippen molar-refractivity contribution in [2.24, 2.45) is 5.73 Å². The Morgan fingerprint density at radius 3 is 2.44 bits per heavy atom. The van der Waals surface area contributed by atoms with Crippen LogP contribution in [-0.4, -0.2) is 4.98 Å². The first kappa shape index (κ1) is 12.6. The van der Waals surface area contributed by atoms with Crippen LogP contribution in [0.4, 0.5) is 0 Å². The maximum Gasteiger partial charge on any atom is 0.130 e. The molecule has 0 radical (unpaired) electrons. The number of aromatic nitrogens is 1. The highest BCUT2D eigenvalue weighted by atomic mass is 16.5. The Bertz CT molecular complexity index is 506. The number of hydrogen-bond acceptors (Lipinski definition) is 3. The zero-order valence-corrected chi connectivity index (χ0v) is 10.8. The smallest absolute Gasteiger partial charge is 0.130 e. The second kappa shape index (κ2) is 5.65. The highest BCUT2D eigenvalue weighted by Crippen LogP contribution is 2.23. The Kier molecular flexibility index (Phi) is 3.95. The third-order valence-corrected chi connectivity index (χ3v) is 2.78. The van der Waals surface area contributed by atoms with Crippen LogP contribution < -0.4 is 10.5 Å². The Morgan fingerprint density at radius 2 is 1.83 bits per heavy atom. The van der Waals surface area contributed by atoms with Crippen molar-refractivity contribution < 1.29 is 4.74 Å². The molecule has 3 heteroatoms. The molecule has 0 aliphatic carbocycles. The van der Waals surface area contributed by atoms with Crippen LogP contribution in [0.5, 0.6) is 11.5 Å². The largest absolute Gasteiger partial charge is 0.457 e. The van der Waals surface area contributed by atoms with E-state index in [1.807, 2.05) is 24.3 Å². The molecule has 1 aromatic carbocycles. The molecule has 1 aromatic heterocycles. The molecule has 0 aliphatic rings. The SMILES string of the molecule is CC(C)c1ccc(Oc2ccnc(CN)c2)cc1. The van der Waals surface area contributed by atoms with Crippen molar-refractivity contribution >= 4 is 0 Å². The van der Waals surface area contributed by atoms with E-state index in [0.29, 0.717) is 12.5 Å². The van der Waals surface area contributed by atoms with E-state index >= 15 is 0 Å². The lowest BCUT2D eigenvalue weighted by Crippen LogP contribution is -1.99. The molecule has 1 heterocycles. The Morgan fingerprint density at radius 1 is 1.11 bits per heavy atom. The third kappa shape index (κ3) is 3.08. The zero-order valence-electron chi connectivity index (χ0n) is 10.8. The molecule has 0 bridgehead atoms. The average Bonchev–Trinajstić information content (AvgIpc) is 2.39. The molecule has 0 saturated heterocycles. The lowest BCUT2D eigenvalue weighted by Gasteiger charge is -2.09. The van der Waals surface area contributed by atoms with Crippen LogP contribution in [-0.2, 0) is 6.54 Å². The van der Waals surface area contributed by atoms with Crippen LogP contribution in [0.3, 0.4) is 0 Å². The number of pyridine rings is 1. The van der Waals surface area contributed by atoms with Gasteiger partial charge < -0.3 is 10.5 Å². The summed E-state index contributed by atoms with van der Waals surface area (Å²) in [5.41, 5.74) is 7.68. The highest BCUT2D eigenvalue weighted by Gasteiger charge is 2.01. The summed E-state index contributed by atoms with van der Waals surface area (Å²) in [5, 5.41) is 0. The van der Waals surface area contributed by atoms with Crippen LogP contribution in [0.2, 0.25) is 0 Å². The fourth-order valence-corrected chi connectivity index (χ4v) is 1.69. The van der Waals surface area contributed by atoms with Crippen molar-refractivity contribution in [2.45, 2.75) is 26.3 Å². The van der Waals surface area contributed by atoms with Gasteiger partial charge in [-0.15, -0.1) is 0 Å². The summed E-state index contributed by atoms with van der Waals surface area (Å²) in [4.78, 5) is 4.13. The Balaban J connectivity index is 2.13. The van der Waals surface area contributed by atoms with Gasteiger partial charge >= 0.3 is 0 Å². The minimum Gasteiger partial charge on any atom is -0.457 e. The van der Waals surface area contributed by atoms with Crippen LogP contribution in [0.15, 0.2) is 42.6 Å². The second-order valence-corrected chi connectivity index (χ2v) is 4.51. The summed E-state index contributed by atoms with van der Waals surface area (Å²) < 4.78 is 5.76. The van der Waals surface area contributed by atoms with Gasteiger partial charge in [0.15, 0.2) is 0 Å². The van der Waals surface area contributed by atoms with Gasteiger partial charge in [0, 0.05) is 18.8 Å². The summed E-state index contributed by atoms with van der Waals surface area (Å²) in [6.45, 7) is 4.77. The predicted molar refractivity (Wildman–Crippen MR) is 72.7 cm³/mol. The summed E-state index contributed by atoms with van der Waals surface area (Å²) >= 11 is 0. The van der Waals surface area contributed by atoms with E-state index < -0.39 is 0 Å². The van der Waals surface area contributed by atoms with Gasteiger partial charge in [0.2, 0.25) is 0 Å². The van der Waals surface area contributed by atoms with Gasteiger partial charge in [-0.05, 0) is 29.7 Å². The van der Waals surface area contributed by atoms with Crippen molar-refractivity contribution in [3.05, 3.63) is 53.9 Å². The first-order valence-corrected chi connectivity index (χ1v) is 6.12. The minimum atomic E-state index is 0.420. The quantitative estimate of drug-likeness (QED) is 0.893. The van der Waals surface area contributed by atoms with E-state index in [1.165, 1.54) is 5.56 Å².